The summed E-state index contributed by atoms with van der Waals surface area (Å²) in [4.78, 5) is 0. The molecule has 0 radical (unpaired) electrons. The second-order valence-corrected chi connectivity index (χ2v) is 5.07. The predicted molar refractivity (Wildman–Crippen MR) is 68.1 cm³/mol. The zero-order valence-corrected chi connectivity index (χ0v) is 12.6. The number of hydrogen-bond donors (Lipinski definition) is 1. The van der Waals surface area contributed by atoms with Crippen molar-refractivity contribution >= 4 is 0 Å². The van der Waals surface area contributed by atoms with E-state index in [9.17, 15) is 44.6 Å². The first-order chi connectivity index (χ1) is 11.2. The Bertz CT molecular complexity index is 567. The molecule has 1 unspecified atom stereocenters. The van der Waals surface area contributed by atoms with Crippen LogP contribution >= 0.6 is 0 Å². The first kappa shape index (κ1) is 21.4. The van der Waals surface area contributed by atoms with Crippen molar-refractivity contribution in [2.24, 2.45) is 0 Å². The Morgan fingerprint density at radius 3 is 1.76 bits per heavy atom. The van der Waals surface area contributed by atoms with Gasteiger partial charge in [0.2, 0.25) is 0 Å². The molecule has 2 nitrogen and oxygen atoms in total. The van der Waals surface area contributed by atoms with E-state index in [0.29, 0.717) is 0 Å². The quantitative estimate of drug-likeness (QED) is 0.673. The first-order valence-electron chi connectivity index (χ1n) is 6.78. The molecule has 11 heteroatoms. The molecule has 25 heavy (non-hydrogen) atoms. The Kier molecular flexibility index (Phi) is 5.93. The van der Waals surface area contributed by atoms with E-state index < -0.39 is 36.5 Å². The van der Waals surface area contributed by atoms with E-state index in [4.69, 9.17) is 4.74 Å². The zero-order valence-electron chi connectivity index (χ0n) is 12.6. The molecule has 0 saturated heterocycles. The number of aliphatic hydroxyl groups excluding tert-OH is 1. The SMILES string of the molecule is CCOc1ccc(C(O)CC(F)(F)C(F)(F)C(F)(F)C(F)(F)F)cc1. The van der Waals surface area contributed by atoms with Gasteiger partial charge < -0.3 is 9.84 Å². The van der Waals surface area contributed by atoms with Gasteiger partial charge in [-0.25, -0.2) is 0 Å². The highest BCUT2D eigenvalue weighted by Crippen LogP contribution is 2.55. The standard InChI is InChI=1S/C14H13F9O2/c1-2-25-9-5-3-8(4-6-9)10(24)7-11(15,16)12(17,18)13(19,20)14(21,22)23/h3-6,10,24H,2,7H2,1H3. The highest BCUT2D eigenvalue weighted by molar-refractivity contribution is 5.28. The van der Waals surface area contributed by atoms with Crippen LogP contribution in [0.25, 0.3) is 0 Å². The number of hydrogen-bond acceptors (Lipinski definition) is 2. The molecule has 0 fully saturated rings. The van der Waals surface area contributed by atoms with Crippen LogP contribution < -0.4 is 4.74 Å². The van der Waals surface area contributed by atoms with Crippen molar-refractivity contribution in [2.75, 3.05) is 6.61 Å². The van der Waals surface area contributed by atoms with Crippen LogP contribution in [0.15, 0.2) is 24.3 Å². The number of rotatable bonds is 7. The van der Waals surface area contributed by atoms with Crippen LogP contribution in [0.4, 0.5) is 39.5 Å². The molecule has 1 rings (SSSR count). The van der Waals surface area contributed by atoms with Crippen LogP contribution in [-0.2, 0) is 0 Å². The fourth-order valence-electron chi connectivity index (χ4n) is 1.85. The molecule has 0 heterocycles. The summed E-state index contributed by atoms with van der Waals surface area (Å²) in [6.45, 7) is 1.88. The van der Waals surface area contributed by atoms with Crippen molar-refractivity contribution < 1.29 is 49.4 Å². The normalized spacial score (nSPS) is 15.2. The van der Waals surface area contributed by atoms with Crippen molar-refractivity contribution in [1.29, 1.82) is 0 Å². The second kappa shape index (κ2) is 6.93. The summed E-state index contributed by atoms with van der Waals surface area (Å²) in [7, 11) is 0. The molecule has 0 aliphatic heterocycles. The monoisotopic (exact) mass is 384 g/mol. The van der Waals surface area contributed by atoms with E-state index in [1.807, 2.05) is 0 Å². The fraction of sp³-hybridized carbons (Fsp3) is 0.571. The third-order valence-electron chi connectivity index (χ3n) is 3.24. The number of benzene rings is 1. The topological polar surface area (TPSA) is 29.5 Å². The summed E-state index contributed by atoms with van der Waals surface area (Å²) in [5.74, 6) is -19.3. The molecule has 0 bridgehead atoms. The van der Waals surface area contributed by atoms with Crippen LogP contribution in [0.1, 0.15) is 25.0 Å². The van der Waals surface area contributed by atoms with Gasteiger partial charge in [0.1, 0.15) is 5.75 Å². The molecular weight excluding hydrogens is 371 g/mol. The molecule has 1 aromatic rings. The second-order valence-electron chi connectivity index (χ2n) is 5.07. The summed E-state index contributed by atoms with van der Waals surface area (Å²) in [5, 5.41) is 9.53. The first-order valence-corrected chi connectivity index (χ1v) is 6.78. The van der Waals surface area contributed by atoms with Gasteiger partial charge in [0.25, 0.3) is 0 Å². The van der Waals surface area contributed by atoms with Crippen molar-refractivity contribution in [3.05, 3.63) is 29.8 Å². The van der Waals surface area contributed by atoms with Crippen molar-refractivity contribution in [2.45, 2.75) is 43.4 Å². The van der Waals surface area contributed by atoms with Gasteiger partial charge in [-0.3, -0.25) is 0 Å². The third-order valence-corrected chi connectivity index (χ3v) is 3.24. The minimum absolute atomic E-state index is 0.249. The number of aliphatic hydroxyl groups is 1. The fourth-order valence-corrected chi connectivity index (χ4v) is 1.85. The molecule has 0 aliphatic rings. The van der Waals surface area contributed by atoms with E-state index in [2.05, 4.69) is 0 Å². The Morgan fingerprint density at radius 1 is 0.880 bits per heavy atom. The van der Waals surface area contributed by atoms with Crippen LogP contribution in [0.3, 0.4) is 0 Å². The number of halogens is 9. The van der Waals surface area contributed by atoms with Gasteiger partial charge in [-0.1, -0.05) is 12.1 Å². The van der Waals surface area contributed by atoms with Gasteiger partial charge in [-0.05, 0) is 24.6 Å². The van der Waals surface area contributed by atoms with Crippen LogP contribution in [0, 0.1) is 0 Å². The third kappa shape index (κ3) is 4.13. The Balaban J connectivity index is 3.02. The van der Waals surface area contributed by atoms with Gasteiger partial charge in [0.15, 0.2) is 0 Å². The summed E-state index contributed by atoms with van der Waals surface area (Å²) in [6.07, 6.45) is -11.6. The minimum Gasteiger partial charge on any atom is -0.494 e. The van der Waals surface area contributed by atoms with Gasteiger partial charge in [0, 0.05) is 6.42 Å². The highest BCUT2D eigenvalue weighted by Gasteiger charge is 2.81. The predicted octanol–water partition coefficient (Wildman–Crippen LogP) is 4.98. The Hall–Kier alpha value is -1.65. The number of alkyl halides is 9. The molecule has 1 atom stereocenters. The molecular formula is C14H13F9O2. The summed E-state index contributed by atoms with van der Waals surface area (Å²) in [6, 6.07) is 4.35. The molecule has 0 saturated carbocycles. The Labute approximate surface area is 136 Å². The van der Waals surface area contributed by atoms with Gasteiger partial charge >= 0.3 is 23.9 Å². The van der Waals surface area contributed by atoms with E-state index in [-0.39, 0.29) is 17.9 Å². The molecule has 144 valence electrons. The maximum Gasteiger partial charge on any atom is 0.460 e. The maximum atomic E-state index is 13.4. The van der Waals surface area contributed by atoms with E-state index in [1.165, 1.54) is 12.1 Å². The zero-order chi connectivity index (χ0) is 19.7. The lowest BCUT2D eigenvalue weighted by atomic mass is 9.95. The van der Waals surface area contributed by atoms with Gasteiger partial charge in [0.05, 0.1) is 12.7 Å². The molecule has 1 N–H and O–H groups in total. The molecule has 0 aliphatic carbocycles. The summed E-state index contributed by atoms with van der Waals surface area (Å²) < 4.78 is 120. The van der Waals surface area contributed by atoms with Gasteiger partial charge in [-0.2, -0.15) is 39.5 Å². The summed E-state index contributed by atoms with van der Waals surface area (Å²) in [5.41, 5.74) is -0.380. The molecule has 0 aromatic heterocycles. The van der Waals surface area contributed by atoms with Crippen molar-refractivity contribution in [1.82, 2.24) is 0 Å². The lowest BCUT2D eigenvalue weighted by molar-refractivity contribution is -0.398. The average molecular weight is 384 g/mol. The van der Waals surface area contributed by atoms with Gasteiger partial charge in [-0.15, -0.1) is 0 Å². The largest absolute Gasteiger partial charge is 0.494 e. The lowest BCUT2D eigenvalue weighted by Gasteiger charge is -2.34. The lowest BCUT2D eigenvalue weighted by Crippen LogP contribution is -2.61. The van der Waals surface area contributed by atoms with E-state index in [1.54, 1.807) is 6.92 Å². The van der Waals surface area contributed by atoms with E-state index in [0.717, 1.165) is 12.1 Å². The highest BCUT2D eigenvalue weighted by atomic mass is 19.4. The molecule has 0 spiro atoms. The molecule has 1 aromatic carbocycles. The smallest absolute Gasteiger partial charge is 0.460 e. The summed E-state index contributed by atoms with van der Waals surface area (Å²) >= 11 is 0. The average Bonchev–Trinajstić information content (AvgIpc) is 2.46. The maximum absolute atomic E-state index is 13.4. The van der Waals surface area contributed by atoms with Crippen LogP contribution in [0.5, 0.6) is 5.75 Å². The van der Waals surface area contributed by atoms with Crippen LogP contribution in [-0.4, -0.2) is 35.7 Å². The van der Waals surface area contributed by atoms with E-state index >= 15 is 0 Å². The Morgan fingerprint density at radius 2 is 1.36 bits per heavy atom. The minimum atomic E-state index is -6.97. The van der Waals surface area contributed by atoms with Crippen LogP contribution in [0.2, 0.25) is 0 Å². The van der Waals surface area contributed by atoms with Crippen molar-refractivity contribution in [3.8, 4) is 5.75 Å². The molecule has 0 amide bonds. The van der Waals surface area contributed by atoms with Crippen molar-refractivity contribution in [3.63, 3.8) is 0 Å². The number of ether oxygens (including phenoxy) is 1.